The first-order valence-corrected chi connectivity index (χ1v) is 11.4. The van der Waals surface area contributed by atoms with Crippen LogP contribution in [0, 0.1) is 5.82 Å². The van der Waals surface area contributed by atoms with E-state index in [9.17, 15) is 9.18 Å². The van der Waals surface area contributed by atoms with Crippen molar-refractivity contribution in [3.05, 3.63) is 71.5 Å². The van der Waals surface area contributed by atoms with Gasteiger partial charge in [-0.3, -0.25) is 14.7 Å². The second-order valence-electron chi connectivity index (χ2n) is 8.09. The molecule has 1 saturated heterocycles. The molecule has 2 aromatic carbocycles. The van der Waals surface area contributed by atoms with E-state index >= 15 is 0 Å². The highest BCUT2D eigenvalue weighted by Gasteiger charge is 2.20. The van der Waals surface area contributed by atoms with Crippen molar-refractivity contribution in [2.24, 2.45) is 4.99 Å². The topological polar surface area (TPSA) is 68.8 Å². The van der Waals surface area contributed by atoms with Crippen molar-refractivity contribution < 1.29 is 9.18 Å². The molecular weight excluding hydrogens is 405 g/mol. The number of likely N-dealkylation sites (tertiary alicyclic amines) is 1. The van der Waals surface area contributed by atoms with Crippen LogP contribution in [-0.4, -0.2) is 55.5 Å². The van der Waals surface area contributed by atoms with Gasteiger partial charge in [0, 0.05) is 38.8 Å². The zero-order valence-electron chi connectivity index (χ0n) is 18.8. The Bertz CT molecular complexity index is 848. The van der Waals surface area contributed by atoms with Crippen LogP contribution >= 0.6 is 0 Å². The molecule has 0 aliphatic carbocycles. The lowest BCUT2D eigenvalue weighted by Crippen LogP contribution is -2.48. The highest BCUT2D eigenvalue weighted by Crippen LogP contribution is 2.13. The Morgan fingerprint density at radius 1 is 1.03 bits per heavy atom. The third-order valence-corrected chi connectivity index (χ3v) is 5.50. The maximum absolute atomic E-state index is 13.0. The molecule has 3 rings (SSSR count). The average molecular weight is 440 g/mol. The van der Waals surface area contributed by atoms with Gasteiger partial charge in [-0.25, -0.2) is 4.39 Å². The molecule has 3 N–H and O–H groups in total. The molecule has 0 bridgehead atoms. The summed E-state index contributed by atoms with van der Waals surface area (Å²) >= 11 is 0. The molecule has 1 fully saturated rings. The third kappa shape index (κ3) is 8.30. The summed E-state index contributed by atoms with van der Waals surface area (Å²) in [5, 5.41) is 9.70. The quantitative estimate of drug-likeness (QED) is 0.319. The number of amides is 1. The minimum Gasteiger partial charge on any atom is -0.357 e. The molecule has 0 aromatic heterocycles. The van der Waals surface area contributed by atoms with Crippen molar-refractivity contribution in [2.45, 2.75) is 38.8 Å². The molecule has 0 spiro atoms. The first kappa shape index (κ1) is 23.7. The number of carbonyl (C=O) groups is 1. The number of hydrogen-bond acceptors (Lipinski definition) is 3. The highest BCUT2D eigenvalue weighted by molar-refractivity contribution is 5.80. The minimum atomic E-state index is -0.297. The van der Waals surface area contributed by atoms with E-state index in [-0.39, 0.29) is 18.1 Å². The molecule has 1 aliphatic heterocycles. The minimum absolute atomic E-state index is 0.0874. The summed E-state index contributed by atoms with van der Waals surface area (Å²) in [6, 6.07) is 17.0. The zero-order chi connectivity index (χ0) is 22.6. The SMILES string of the molecule is CCNC(=NCCNC(=O)Cc1ccc(F)cc1)NC1CCN(Cc2ccccc2)CC1. The molecular formula is C25H34FN5O. The van der Waals surface area contributed by atoms with Gasteiger partial charge in [0.1, 0.15) is 5.82 Å². The van der Waals surface area contributed by atoms with Crippen molar-refractivity contribution in [3.63, 3.8) is 0 Å². The zero-order valence-corrected chi connectivity index (χ0v) is 18.8. The Kier molecular flexibility index (Phi) is 9.50. The number of nitrogens with zero attached hydrogens (tertiary/aromatic N) is 2. The van der Waals surface area contributed by atoms with Gasteiger partial charge < -0.3 is 16.0 Å². The Hall–Kier alpha value is -2.93. The summed E-state index contributed by atoms with van der Waals surface area (Å²) in [5.74, 6) is 0.408. The Labute approximate surface area is 190 Å². The molecule has 7 heteroatoms. The third-order valence-electron chi connectivity index (χ3n) is 5.50. The van der Waals surface area contributed by atoms with E-state index in [1.165, 1.54) is 17.7 Å². The Morgan fingerprint density at radius 2 is 1.75 bits per heavy atom. The number of rotatable bonds is 9. The summed E-state index contributed by atoms with van der Waals surface area (Å²) in [4.78, 5) is 19.2. The lowest BCUT2D eigenvalue weighted by molar-refractivity contribution is -0.120. The molecule has 0 unspecified atom stereocenters. The standard InChI is InChI=1S/C25H34FN5O/c1-2-27-25(29-15-14-28-24(32)18-20-8-10-22(26)11-9-20)30-23-12-16-31(17-13-23)19-21-6-4-3-5-7-21/h3-11,23H,2,12-19H2,1H3,(H,28,32)(H2,27,29,30). The summed E-state index contributed by atoms with van der Waals surface area (Å²) in [6.45, 7) is 6.92. The first-order valence-electron chi connectivity index (χ1n) is 11.4. The van der Waals surface area contributed by atoms with E-state index in [0.717, 1.165) is 50.5 Å². The van der Waals surface area contributed by atoms with Crippen LogP contribution in [0.25, 0.3) is 0 Å². The monoisotopic (exact) mass is 439 g/mol. The van der Waals surface area contributed by atoms with Gasteiger partial charge in [0.25, 0.3) is 0 Å². The van der Waals surface area contributed by atoms with Gasteiger partial charge in [0.15, 0.2) is 5.96 Å². The number of carbonyl (C=O) groups excluding carboxylic acids is 1. The maximum Gasteiger partial charge on any atom is 0.224 e. The van der Waals surface area contributed by atoms with Gasteiger partial charge in [-0.15, -0.1) is 0 Å². The van der Waals surface area contributed by atoms with Crippen molar-refractivity contribution >= 4 is 11.9 Å². The fraction of sp³-hybridized carbons (Fsp3) is 0.440. The number of guanidine groups is 1. The van der Waals surface area contributed by atoms with E-state index in [0.29, 0.717) is 19.1 Å². The largest absolute Gasteiger partial charge is 0.357 e. The fourth-order valence-corrected chi connectivity index (χ4v) is 3.80. The van der Waals surface area contributed by atoms with Crippen molar-refractivity contribution in [1.29, 1.82) is 0 Å². The van der Waals surface area contributed by atoms with Crippen LogP contribution in [0.15, 0.2) is 59.6 Å². The van der Waals surface area contributed by atoms with Gasteiger partial charge in [0.2, 0.25) is 5.91 Å². The van der Waals surface area contributed by atoms with Gasteiger partial charge in [-0.2, -0.15) is 0 Å². The number of benzene rings is 2. The second-order valence-corrected chi connectivity index (χ2v) is 8.09. The second kappa shape index (κ2) is 12.8. The van der Waals surface area contributed by atoms with Crippen molar-refractivity contribution in [3.8, 4) is 0 Å². The predicted molar refractivity (Wildman–Crippen MR) is 127 cm³/mol. The Morgan fingerprint density at radius 3 is 2.44 bits per heavy atom. The van der Waals surface area contributed by atoms with E-state index in [1.54, 1.807) is 12.1 Å². The van der Waals surface area contributed by atoms with Gasteiger partial charge in [-0.1, -0.05) is 42.5 Å². The first-order chi connectivity index (χ1) is 15.6. The van der Waals surface area contributed by atoms with Crippen LogP contribution in [0.3, 0.4) is 0 Å². The number of halogens is 1. The molecule has 0 atom stereocenters. The Balaban J connectivity index is 1.37. The van der Waals surface area contributed by atoms with Gasteiger partial charge in [-0.05, 0) is 43.0 Å². The summed E-state index contributed by atoms with van der Waals surface area (Å²) < 4.78 is 13.0. The molecule has 0 saturated carbocycles. The van der Waals surface area contributed by atoms with E-state index < -0.39 is 0 Å². The fourth-order valence-electron chi connectivity index (χ4n) is 3.80. The molecule has 0 radical (unpaired) electrons. The van der Waals surface area contributed by atoms with Crippen LogP contribution in [0.4, 0.5) is 4.39 Å². The van der Waals surface area contributed by atoms with Crippen LogP contribution < -0.4 is 16.0 Å². The molecule has 1 heterocycles. The highest BCUT2D eigenvalue weighted by atomic mass is 19.1. The lowest BCUT2D eigenvalue weighted by Gasteiger charge is -2.33. The van der Waals surface area contributed by atoms with E-state index in [2.05, 4.69) is 56.2 Å². The molecule has 6 nitrogen and oxygen atoms in total. The van der Waals surface area contributed by atoms with Gasteiger partial charge >= 0.3 is 0 Å². The number of aliphatic imine (C=N–C) groups is 1. The normalized spacial score (nSPS) is 15.4. The number of piperidine rings is 1. The smallest absolute Gasteiger partial charge is 0.224 e. The van der Waals surface area contributed by atoms with Crippen LogP contribution in [0.2, 0.25) is 0 Å². The summed E-state index contributed by atoms with van der Waals surface area (Å²) in [5.41, 5.74) is 2.15. The average Bonchev–Trinajstić information content (AvgIpc) is 2.80. The van der Waals surface area contributed by atoms with Crippen LogP contribution in [0.1, 0.15) is 30.9 Å². The molecule has 32 heavy (non-hydrogen) atoms. The molecule has 2 aromatic rings. The molecule has 1 amide bonds. The van der Waals surface area contributed by atoms with E-state index in [1.807, 2.05) is 6.92 Å². The van der Waals surface area contributed by atoms with Crippen LogP contribution in [0.5, 0.6) is 0 Å². The number of nitrogens with one attached hydrogen (secondary N) is 3. The maximum atomic E-state index is 13.0. The van der Waals surface area contributed by atoms with Gasteiger partial charge in [0.05, 0.1) is 13.0 Å². The van der Waals surface area contributed by atoms with E-state index in [4.69, 9.17) is 0 Å². The lowest BCUT2D eigenvalue weighted by atomic mass is 10.0. The van der Waals surface area contributed by atoms with Crippen LogP contribution in [-0.2, 0) is 17.8 Å². The van der Waals surface area contributed by atoms with Crippen molar-refractivity contribution in [2.75, 3.05) is 32.7 Å². The molecule has 1 aliphatic rings. The summed E-state index contributed by atoms with van der Waals surface area (Å²) in [6.07, 6.45) is 2.39. The predicted octanol–water partition coefficient (Wildman–Crippen LogP) is 2.70. The number of hydrogen-bond donors (Lipinski definition) is 3. The van der Waals surface area contributed by atoms with Crippen molar-refractivity contribution in [1.82, 2.24) is 20.9 Å². The molecule has 172 valence electrons. The summed E-state index contributed by atoms with van der Waals surface area (Å²) in [7, 11) is 0.